The van der Waals surface area contributed by atoms with Crippen molar-refractivity contribution in [2.24, 2.45) is 16.7 Å². The molecule has 0 aromatic heterocycles. The molecule has 4 rings (SSSR count). The van der Waals surface area contributed by atoms with E-state index in [4.69, 9.17) is 4.74 Å². The van der Waals surface area contributed by atoms with Crippen molar-refractivity contribution in [3.8, 4) is 0 Å². The molecule has 1 aromatic rings. The maximum absolute atomic E-state index is 13.7. The van der Waals surface area contributed by atoms with E-state index in [9.17, 15) is 18.0 Å². The Morgan fingerprint density at radius 2 is 2.03 bits per heavy atom. The molecule has 3 aliphatic rings. The smallest absolute Gasteiger partial charge is 0.380 e. The van der Waals surface area contributed by atoms with Gasteiger partial charge in [-0.15, -0.1) is 0 Å². The van der Waals surface area contributed by atoms with Gasteiger partial charge in [-0.1, -0.05) is 26.8 Å². The molecule has 172 valence electrons. The predicted octanol–water partition coefficient (Wildman–Crippen LogP) is 4.41. The van der Waals surface area contributed by atoms with Crippen LogP contribution in [0, 0.1) is 16.7 Å². The van der Waals surface area contributed by atoms with Crippen molar-refractivity contribution in [1.82, 2.24) is 10.2 Å². The van der Waals surface area contributed by atoms with Crippen LogP contribution >= 0.6 is 0 Å². The second-order valence-corrected chi connectivity index (χ2v) is 10.4. The van der Waals surface area contributed by atoms with Gasteiger partial charge in [0.1, 0.15) is 0 Å². The van der Waals surface area contributed by atoms with Gasteiger partial charge in [0.25, 0.3) is 0 Å². The molecule has 2 fully saturated rings. The maximum atomic E-state index is 13.7. The molecule has 2 aliphatic heterocycles. The van der Waals surface area contributed by atoms with Gasteiger partial charge in [0.2, 0.25) is 5.91 Å². The normalized spacial score (nSPS) is 27.8. The van der Waals surface area contributed by atoms with E-state index < -0.39 is 17.2 Å². The average molecular weight is 439 g/mol. The molecule has 1 aliphatic carbocycles. The standard InChI is InChI=1S/C24H33F3N2O2/c1-16(2)23(8-6-20(11-23)28-13-22(3)14-31-15-22)21(30)29-9-7-17-4-5-19(24(25,26)27)10-18(17)12-29/h4-5,10,16,20,28H,6-9,11-15H2,1-3H3/t20-,23+/m1/s1. The average Bonchev–Trinajstić information content (AvgIpc) is 3.14. The van der Waals surface area contributed by atoms with Gasteiger partial charge in [0.15, 0.2) is 0 Å². The van der Waals surface area contributed by atoms with Crippen LogP contribution in [0.1, 0.15) is 56.7 Å². The fourth-order valence-corrected chi connectivity index (χ4v) is 5.38. The van der Waals surface area contributed by atoms with E-state index in [0.717, 1.165) is 50.7 Å². The van der Waals surface area contributed by atoms with Crippen molar-refractivity contribution in [2.45, 2.75) is 65.2 Å². The highest BCUT2D eigenvalue weighted by atomic mass is 19.4. The summed E-state index contributed by atoms with van der Waals surface area (Å²) in [4.78, 5) is 15.5. The number of fused-ring (bicyclic) bond motifs is 1. The number of ether oxygens (including phenoxy) is 1. The molecule has 7 heteroatoms. The zero-order valence-electron chi connectivity index (χ0n) is 18.6. The van der Waals surface area contributed by atoms with Crippen LogP contribution < -0.4 is 5.32 Å². The fourth-order valence-electron chi connectivity index (χ4n) is 5.38. The van der Waals surface area contributed by atoms with Gasteiger partial charge in [0, 0.05) is 31.1 Å². The lowest BCUT2D eigenvalue weighted by atomic mass is 9.73. The Hall–Kier alpha value is -1.60. The molecule has 0 spiro atoms. The van der Waals surface area contributed by atoms with Gasteiger partial charge < -0.3 is 15.0 Å². The van der Waals surface area contributed by atoms with E-state index in [-0.39, 0.29) is 29.8 Å². The summed E-state index contributed by atoms with van der Waals surface area (Å²) >= 11 is 0. The molecule has 1 saturated carbocycles. The molecule has 0 bridgehead atoms. The van der Waals surface area contributed by atoms with Gasteiger partial charge in [-0.25, -0.2) is 0 Å². The van der Waals surface area contributed by atoms with E-state index in [2.05, 4.69) is 26.1 Å². The number of hydrogen-bond acceptors (Lipinski definition) is 3. The Morgan fingerprint density at radius 1 is 1.29 bits per heavy atom. The van der Waals surface area contributed by atoms with E-state index >= 15 is 0 Å². The summed E-state index contributed by atoms with van der Waals surface area (Å²) in [5.74, 6) is 0.283. The Bertz CT molecular complexity index is 835. The minimum absolute atomic E-state index is 0.105. The Morgan fingerprint density at radius 3 is 2.65 bits per heavy atom. The van der Waals surface area contributed by atoms with Crippen LogP contribution in [0.25, 0.3) is 0 Å². The number of halogens is 3. The molecule has 1 N–H and O–H groups in total. The van der Waals surface area contributed by atoms with Gasteiger partial charge in [0.05, 0.1) is 24.2 Å². The molecular formula is C24H33F3N2O2. The second-order valence-electron chi connectivity index (χ2n) is 10.4. The first-order valence-electron chi connectivity index (χ1n) is 11.3. The molecule has 2 heterocycles. The van der Waals surface area contributed by atoms with Gasteiger partial charge in [-0.3, -0.25) is 4.79 Å². The predicted molar refractivity (Wildman–Crippen MR) is 112 cm³/mol. The molecule has 1 amide bonds. The first kappa shape index (κ1) is 22.6. The molecule has 31 heavy (non-hydrogen) atoms. The van der Waals surface area contributed by atoms with E-state index in [1.807, 2.05) is 0 Å². The van der Waals surface area contributed by atoms with Crippen LogP contribution in [0.4, 0.5) is 13.2 Å². The van der Waals surface area contributed by atoms with Crippen molar-refractivity contribution >= 4 is 5.91 Å². The monoisotopic (exact) mass is 438 g/mol. The minimum Gasteiger partial charge on any atom is -0.380 e. The van der Waals surface area contributed by atoms with Gasteiger partial charge in [-0.2, -0.15) is 13.2 Å². The van der Waals surface area contributed by atoms with Crippen molar-refractivity contribution in [2.75, 3.05) is 26.3 Å². The van der Waals surface area contributed by atoms with Crippen LogP contribution in [-0.4, -0.2) is 43.2 Å². The molecule has 2 atom stereocenters. The van der Waals surface area contributed by atoms with Crippen molar-refractivity contribution in [3.05, 3.63) is 34.9 Å². The maximum Gasteiger partial charge on any atom is 0.416 e. The highest BCUT2D eigenvalue weighted by molar-refractivity contribution is 5.84. The highest BCUT2D eigenvalue weighted by Gasteiger charge is 2.50. The number of alkyl halides is 3. The first-order chi connectivity index (χ1) is 14.5. The topological polar surface area (TPSA) is 41.6 Å². The lowest BCUT2D eigenvalue weighted by Crippen LogP contribution is -2.50. The first-order valence-corrected chi connectivity index (χ1v) is 11.3. The van der Waals surface area contributed by atoms with E-state index in [0.29, 0.717) is 18.5 Å². The largest absolute Gasteiger partial charge is 0.416 e. The summed E-state index contributed by atoms with van der Waals surface area (Å²) in [7, 11) is 0. The Balaban J connectivity index is 1.47. The number of carbonyl (C=O) groups excluding carboxylic acids is 1. The summed E-state index contributed by atoms with van der Waals surface area (Å²) in [6.07, 6.45) is -1.21. The summed E-state index contributed by atoms with van der Waals surface area (Å²) in [6, 6.07) is 4.22. The van der Waals surface area contributed by atoms with Crippen LogP contribution in [0.5, 0.6) is 0 Å². The summed E-state index contributed by atoms with van der Waals surface area (Å²) in [5, 5.41) is 3.66. The third-order valence-corrected chi connectivity index (χ3v) is 7.63. The Kier molecular flexibility index (Phi) is 5.88. The third-order valence-electron chi connectivity index (χ3n) is 7.63. The lowest BCUT2D eigenvalue weighted by molar-refractivity contribution is -0.146. The summed E-state index contributed by atoms with van der Waals surface area (Å²) < 4.78 is 44.8. The van der Waals surface area contributed by atoms with E-state index in [1.165, 1.54) is 6.07 Å². The van der Waals surface area contributed by atoms with Crippen LogP contribution in [0.15, 0.2) is 18.2 Å². The quantitative estimate of drug-likeness (QED) is 0.741. The zero-order valence-corrected chi connectivity index (χ0v) is 18.6. The van der Waals surface area contributed by atoms with Crippen LogP contribution in [0.3, 0.4) is 0 Å². The van der Waals surface area contributed by atoms with E-state index in [1.54, 1.807) is 11.0 Å². The zero-order chi connectivity index (χ0) is 22.4. The van der Waals surface area contributed by atoms with Crippen LogP contribution in [0.2, 0.25) is 0 Å². The van der Waals surface area contributed by atoms with Gasteiger partial charge >= 0.3 is 6.18 Å². The highest BCUT2D eigenvalue weighted by Crippen LogP contribution is 2.47. The minimum atomic E-state index is -4.37. The summed E-state index contributed by atoms with van der Waals surface area (Å²) in [5.41, 5.74) is 0.627. The number of rotatable bonds is 5. The molecule has 1 aromatic carbocycles. The lowest BCUT2D eigenvalue weighted by Gasteiger charge is -2.41. The molecule has 4 nitrogen and oxygen atoms in total. The molecule has 0 radical (unpaired) electrons. The number of benzene rings is 1. The van der Waals surface area contributed by atoms with Crippen molar-refractivity contribution in [3.63, 3.8) is 0 Å². The number of nitrogens with zero attached hydrogens (tertiary/aromatic N) is 1. The number of nitrogens with one attached hydrogen (secondary N) is 1. The van der Waals surface area contributed by atoms with Gasteiger partial charge in [-0.05, 0) is 54.9 Å². The third kappa shape index (κ3) is 4.36. The molecule has 1 saturated heterocycles. The number of carbonyl (C=O) groups is 1. The summed E-state index contributed by atoms with van der Waals surface area (Å²) in [6.45, 7) is 9.67. The Labute approximate surface area is 182 Å². The molecular weight excluding hydrogens is 405 g/mol. The number of amides is 1. The van der Waals surface area contributed by atoms with Crippen molar-refractivity contribution in [1.29, 1.82) is 0 Å². The van der Waals surface area contributed by atoms with Crippen LogP contribution in [-0.2, 0) is 28.7 Å². The second kappa shape index (κ2) is 8.07. The van der Waals surface area contributed by atoms with Crippen molar-refractivity contribution < 1.29 is 22.7 Å². The number of hydrogen-bond donors (Lipinski definition) is 1. The fraction of sp³-hybridized carbons (Fsp3) is 0.708. The SMILES string of the molecule is CC(C)[C@]1(C(=O)N2CCc3ccc(C(F)(F)F)cc3C2)CC[C@@H](NCC2(C)COC2)C1. The molecule has 0 unspecified atom stereocenters.